The van der Waals surface area contributed by atoms with Gasteiger partial charge in [-0.05, 0) is 38.3 Å². The summed E-state index contributed by atoms with van der Waals surface area (Å²) in [5.74, 6) is 2.50. The van der Waals surface area contributed by atoms with E-state index >= 15 is 0 Å². The van der Waals surface area contributed by atoms with Gasteiger partial charge in [-0.15, -0.1) is 0 Å². The van der Waals surface area contributed by atoms with Crippen LogP contribution in [0.25, 0.3) is 0 Å². The number of para-hydroxylation sites is 1. The molecular weight excluding hydrogens is 266 g/mol. The highest BCUT2D eigenvalue weighted by Crippen LogP contribution is 2.31. The van der Waals surface area contributed by atoms with Crippen LogP contribution >= 0.6 is 0 Å². The van der Waals surface area contributed by atoms with Gasteiger partial charge in [0.25, 0.3) is 0 Å². The van der Waals surface area contributed by atoms with Crippen molar-refractivity contribution in [3.8, 4) is 5.75 Å². The van der Waals surface area contributed by atoms with Crippen LogP contribution in [0.2, 0.25) is 0 Å². The molecule has 1 unspecified atom stereocenters. The van der Waals surface area contributed by atoms with Crippen LogP contribution in [0.3, 0.4) is 0 Å². The van der Waals surface area contributed by atoms with E-state index < -0.39 is 0 Å². The number of rotatable bonds is 4. The van der Waals surface area contributed by atoms with Crippen molar-refractivity contribution >= 4 is 0 Å². The average Bonchev–Trinajstić information content (AvgIpc) is 2.93. The Kier molecular flexibility index (Phi) is 3.68. The Morgan fingerprint density at radius 2 is 2.14 bits per heavy atom. The van der Waals surface area contributed by atoms with E-state index in [4.69, 9.17) is 15.0 Å². The summed E-state index contributed by atoms with van der Waals surface area (Å²) in [7, 11) is 0. The maximum Gasteiger partial charge on any atom is 0.226 e. The van der Waals surface area contributed by atoms with E-state index in [2.05, 4.69) is 16.2 Å². The highest BCUT2D eigenvalue weighted by Gasteiger charge is 2.25. The number of aryl methyl sites for hydroxylation is 1. The van der Waals surface area contributed by atoms with Gasteiger partial charge in [0.2, 0.25) is 5.89 Å². The third kappa shape index (κ3) is 3.42. The van der Waals surface area contributed by atoms with Crippen LogP contribution in [0.5, 0.6) is 5.75 Å². The summed E-state index contributed by atoms with van der Waals surface area (Å²) in [5.41, 5.74) is 6.95. The van der Waals surface area contributed by atoms with Gasteiger partial charge >= 0.3 is 0 Å². The number of hydrogen-bond donors (Lipinski definition) is 1. The molecule has 1 aromatic heterocycles. The van der Waals surface area contributed by atoms with Crippen LogP contribution in [-0.2, 0) is 12.8 Å². The van der Waals surface area contributed by atoms with E-state index in [0.29, 0.717) is 18.9 Å². The number of benzene rings is 1. The third-order valence-electron chi connectivity index (χ3n) is 3.71. The van der Waals surface area contributed by atoms with E-state index in [1.54, 1.807) is 0 Å². The first-order valence-corrected chi connectivity index (χ1v) is 7.33. The zero-order chi connectivity index (χ0) is 14.9. The Hall–Kier alpha value is -1.88. The highest BCUT2D eigenvalue weighted by atomic mass is 16.5. The Morgan fingerprint density at radius 1 is 1.33 bits per heavy atom. The van der Waals surface area contributed by atoms with E-state index in [1.807, 2.05) is 32.0 Å². The lowest BCUT2D eigenvalue weighted by molar-refractivity contribution is 0.253. The summed E-state index contributed by atoms with van der Waals surface area (Å²) >= 11 is 0. The molecule has 3 rings (SSSR count). The maximum absolute atomic E-state index is 5.98. The van der Waals surface area contributed by atoms with Crippen molar-refractivity contribution in [3.05, 3.63) is 41.5 Å². The summed E-state index contributed by atoms with van der Waals surface area (Å²) in [4.78, 5) is 4.50. The van der Waals surface area contributed by atoms with Crippen molar-refractivity contribution in [2.24, 2.45) is 5.73 Å². The Morgan fingerprint density at radius 3 is 2.95 bits per heavy atom. The van der Waals surface area contributed by atoms with Gasteiger partial charge in [0.1, 0.15) is 5.75 Å². The molecule has 0 spiro atoms. The molecule has 0 fully saturated rings. The molecule has 1 atom stereocenters. The fourth-order valence-electron chi connectivity index (χ4n) is 2.46. The Bertz CT molecular complexity index is 616. The van der Waals surface area contributed by atoms with Crippen molar-refractivity contribution in [2.45, 2.75) is 44.6 Å². The molecule has 2 aromatic rings. The number of nitrogens with two attached hydrogens (primary N) is 1. The van der Waals surface area contributed by atoms with Crippen LogP contribution in [0.15, 0.2) is 28.8 Å². The van der Waals surface area contributed by atoms with Crippen molar-refractivity contribution in [2.75, 3.05) is 6.61 Å². The minimum absolute atomic E-state index is 0.156. The topological polar surface area (TPSA) is 74.2 Å². The first-order valence-electron chi connectivity index (χ1n) is 7.33. The number of nitrogens with zero attached hydrogens (tertiary/aromatic N) is 2. The minimum Gasteiger partial charge on any atom is -0.493 e. The molecule has 5 nitrogen and oxygen atoms in total. The molecule has 2 heterocycles. The second-order valence-electron chi connectivity index (χ2n) is 6.35. The van der Waals surface area contributed by atoms with Crippen LogP contribution in [0, 0.1) is 0 Å². The fourth-order valence-corrected chi connectivity index (χ4v) is 2.46. The summed E-state index contributed by atoms with van der Waals surface area (Å²) in [5, 5.41) is 4.11. The standard InChI is InChI=1S/C16H21N3O2/c1-16(2,17)8-7-14-18-15(19-21-14)12-9-11-5-3-4-6-13(11)20-10-12/h3-6,12H,7-10,17H2,1-2H3. The first-order chi connectivity index (χ1) is 10.0. The van der Waals surface area contributed by atoms with Gasteiger partial charge in [-0.1, -0.05) is 23.4 Å². The predicted octanol–water partition coefficient (Wildman–Crippen LogP) is 2.46. The highest BCUT2D eigenvalue weighted by molar-refractivity contribution is 5.36. The van der Waals surface area contributed by atoms with Crippen molar-refractivity contribution in [1.29, 1.82) is 0 Å². The van der Waals surface area contributed by atoms with E-state index in [0.717, 1.165) is 24.4 Å². The van der Waals surface area contributed by atoms with E-state index in [1.165, 1.54) is 5.56 Å². The van der Waals surface area contributed by atoms with Gasteiger partial charge in [-0.2, -0.15) is 4.98 Å². The lowest BCUT2D eigenvalue weighted by atomic mass is 9.96. The fraction of sp³-hybridized carbons (Fsp3) is 0.500. The van der Waals surface area contributed by atoms with Crippen LogP contribution in [-0.4, -0.2) is 22.3 Å². The summed E-state index contributed by atoms with van der Waals surface area (Å²) in [6.07, 6.45) is 2.41. The molecule has 5 heteroatoms. The molecule has 0 aliphatic carbocycles. The van der Waals surface area contributed by atoms with Crippen LogP contribution < -0.4 is 10.5 Å². The monoisotopic (exact) mass is 287 g/mol. The molecule has 1 aliphatic rings. The van der Waals surface area contributed by atoms with Crippen molar-refractivity contribution in [3.63, 3.8) is 0 Å². The number of hydrogen-bond acceptors (Lipinski definition) is 5. The van der Waals surface area contributed by atoms with Gasteiger partial charge in [0.15, 0.2) is 5.82 Å². The second-order valence-corrected chi connectivity index (χ2v) is 6.35. The van der Waals surface area contributed by atoms with Gasteiger partial charge < -0.3 is 15.0 Å². The Labute approximate surface area is 124 Å². The normalized spacial score (nSPS) is 18.1. The van der Waals surface area contributed by atoms with Crippen LogP contribution in [0.1, 0.15) is 43.5 Å². The summed E-state index contributed by atoms with van der Waals surface area (Å²) in [6.45, 7) is 4.59. The quantitative estimate of drug-likeness (QED) is 0.935. The first kappa shape index (κ1) is 14.1. The SMILES string of the molecule is CC(C)(N)CCc1nc(C2COc3ccccc3C2)no1. The zero-order valence-corrected chi connectivity index (χ0v) is 12.5. The van der Waals surface area contributed by atoms with Gasteiger partial charge in [0.05, 0.1) is 12.5 Å². The van der Waals surface area contributed by atoms with Gasteiger partial charge in [0, 0.05) is 12.0 Å². The molecule has 112 valence electrons. The molecule has 0 saturated heterocycles. The number of aromatic nitrogens is 2. The van der Waals surface area contributed by atoms with E-state index in [9.17, 15) is 0 Å². The number of ether oxygens (including phenoxy) is 1. The average molecular weight is 287 g/mol. The third-order valence-corrected chi connectivity index (χ3v) is 3.71. The maximum atomic E-state index is 5.98. The molecule has 0 radical (unpaired) electrons. The van der Waals surface area contributed by atoms with Crippen molar-refractivity contribution in [1.82, 2.24) is 10.1 Å². The largest absolute Gasteiger partial charge is 0.493 e. The number of fused-ring (bicyclic) bond motifs is 1. The molecule has 21 heavy (non-hydrogen) atoms. The predicted molar refractivity (Wildman–Crippen MR) is 79.3 cm³/mol. The molecule has 1 aromatic carbocycles. The zero-order valence-electron chi connectivity index (χ0n) is 12.5. The summed E-state index contributed by atoms with van der Waals surface area (Å²) < 4.78 is 11.1. The molecular formula is C16H21N3O2. The Balaban J connectivity index is 1.67. The second kappa shape index (κ2) is 5.48. The molecule has 2 N–H and O–H groups in total. The lowest BCUT2D eigenvalue weighted by Crippen LogP contribution is -2.32. The van der Waals surface area contributed by atoms with E-state index in [-0.39, 0.29) is 11.5 Å². The molecule has 1 aliphatic heterocycles. The molecule has 0 amide bonds. The molecule has 0 saturated carbocycles. The molecule has 0 bridgehead atoms. The van der Waals surface area contributed by atoms with Crippen molar-refractivity contribution < 1.29 is 9.26 Å². The van der Waals surface area contributed by atoms with Gasteiger partial charge in [-0.3, -0.25) is 0 Å². The summed E-state index contributed by atoms with van der Waals surface area (Å²) in [6, 6.07) is 8.09. The lowest BCUT2D eigenvalue weighted by Gasteiger charge is -2.22. The van der Waals surface area contributed by atoms with Gasteiger partial charge in [-0.25, -0.2) is 0 Å². The smallest absolute Gasteiger partial charge is 0.226 e. The minimum atomic E-state index is -0.221. The van der Waals surface area contributed by atoms with Crippen LogP contribution in [0.4, 0.5) is 0 Å².